The molecule has 1 heterocycles. The molecule has 0 aliphatic rings. The van der Waals surface area contributed by atoms with Gasteiger partial charge in [-0.05, 0) is 30.2 Å². The highest BCUT2D eigenvalue weighted by Gasteiger charge is 2.24. The van der Waals surface area contributed by atoms with Gasteiger partial charge in [-0.25, -0.2) is 0 Å². The Morgan fingerprint density at radius 1 is 1.33 bits per heavy atom. The maximum Gasteiger partial charge on any atom is 0.400 e. The normalized spacial score (nSPS) is 12.4. The van der Waals surface area contributed by atoms with Crippen LogP contribution in [0.3, 0.4) is 0 Å². The Morgan fingerprint density at radius 2 is 1.96 bits per heavy atom. The molecule has 130 valence electrons. The van der Waals surface area contributed by atoms with E-state index in [9.17, 15) is 14.2 Å². The average molecular weight is 371 g/mol. The number of ether oxygens (including phenoxy) is 1. The van der Waals surface area contributed by atoms with Gasteiger partial charge in [0, 0.05) is 16.3 Å². The summed E-state index contributed by atoms with van der Waals surface area (Å²) in [7, 11) is -0.106. The fourth-order valence-corrected chi connectivity index (χ4v) is 3.46. The molecule has 1 aromatic heterocycles. The maximum absolute atomic E-state index is 12.5. The highest BCUT2D eigenvalue weighted by Crippen LogP contribution is 2.18. The van der Waals surface area contributed by atoms with E-state index in [0.29, 0.717) is 21.1 Å². The summed E-state index contributed by atoms with van der Waals surface area (Å²) in [6, 6.07) is 6.55. The van der Waals surface area contributed by atoms with Crippen LogP contribution in [0.25, 0.3) is 0 Å². The number of rotatable bonds is 6. The van der Waals surface area contributed by atoms with E-state index in [4.69, 9.17) is 16.3 Å². The molecule has 2 rings (SSSR count). The van der Waals surface area contributed by atoms with Crippen LogP contribution < -0.4 is 15.0 Å². The van der Waals surface area contributed by atoms with Gasteiger partial charge >= 0.3 is 11.4 Å². The monoisotopic (exact) mass is 370 g/mol. The molecule has 1 unspecified atom stereocenters. The zero-order valence-electron chi connectivity index (χ0n) is 13.7. The molecule has 0 radical (unpaired) electrons. The van der Waals surface area contributed by atoms with Crippen molar-refractivity contribution in [2.45, 2.75) is 30.9 Å². The summed E-state index contributed by atoms with van der Waals surface area (Å²) in [4.78, 5) is 15.4. The lowest BCUT2D eigenvalue weighted by Crippen LogP contribution is -2.43. The second kappa shape index (κ2) is 7.81. The molecule has 0 saturated carbocycles. The van der Waals surface area contributed by atoms with Crippen molar-refractivity contribution in [3.05, 3.63) is 56.2 Å². The predicted octanol–water partition coefficient (Wildman–Crippen LogP) is 2.18. The first-order valence-corrected chi connectivity index (χ1v) is 9.08. The summed E-state index contributed by atoms with van der Waals surface area (Å²) >= 11 is 5.81. The van der Waals surface area contributed by atoms with Crippen LogP contribution in [0.1, 0.15) is 25.2 Å². The number of aromatic nitrogens is 2. The number of H-pyrrole nitrogens is 1. The van der Waals surface area contributed by atoms with Gasteiger partial charge in [0.15, 0.2) is 0 Å². The summed E-state index contributed by atoms with van der Waals surface area (Å²) < 4.78 is 18.1. The van der Waals surface area contributed by atoms with E-state index in [1.165, 1.54) is 7.11 Å². The Morgan fingerprint density at radius 3 is 2.50 bits per heavy atom. The average Bonchev–Trinajstić information content (AvgIpc) is 2.52. The molecule has 0 saturated heterocycles. The SMILES string of the molecule is COc1c(CS(=O)c2ccc(Cl)cc2)[nH]c(=O)c(CC(C)C)[n+]1[O-]. The number of halogens is 1. The Labute approximate surface area is 147 Å². The van der Waals surface area contributed by atoms with E-state index >= 15 is 0 Å². The van der Waals surface area contributed by atoms with Gasteiger partial charge < -0.3 is 14.9 Å². The van der Waals surface area contributed by atoms with Gasteiger partial charge in [-0.15, -0.1) is 4.73 Å². The minimum Gasteiger partial charge on any atom is -0.616 e. The molecule has 8 heteroatoms. The van der Waals surface area contributed by atoms with Gasteiger partial charge in [-0.1, -0.05) is 25.4 Å². The Balaban J connectivity index is 2.38. The van der Waals surface area contributed by atoms with Crippen LogP contribution >= 0.6 is 11.6 Å². The maximum atomic E-state index is 12.5. The van der Waals surface area contributed by atoms with Crippen molar-refractivity contribution >= 4 is 22.4 Å². The smallest absolute Gasteiger partial charge is 0.400 e. The summed E-state index contributed by atoms with van der Waals surface area (Å²) in [5.74, 6) is 0.0715. The standard InChI is InChI=1S/C16H19ClN2O4S/c1-10(2)8-14-15(20)18-13(16(23-3)19(14)21)9-24(22)12-6-4-11(17)5-7-12/h4-7,10H,8-9H2,1-3H3,(H,18,20). The molecule has 1 atom stereocenters. The molecular formula is C16H19ClN2O4S. The summed E-state index contributed by atoms with van der Waals surface area (Å²) in [5, 5.41) is 12.9. The van der Waals surface area contributed by atoms with E-state index in [1.54, 1.807) is 24.3 Å². The predicted molar refractivity (Wildman–Crippen MR) is 92.7 cm³/mol. The van der Waals surface area contributed by atoms with E-state index < -0.39 is 16.4 Å². The minimum absolute atomic E-state index is 0.0347. The fourth-order valence-electron chi connectivity index (χ4n) is 2.27. The third kappa shape index (κ3) is 4.15. The first-order chi connectivity index (χ1) is 11.3. The van der Waals surface area contributed by atoms with Crippen molar-refractivity contribution in [3.8, 4) is 5.88 Å². The van der Waals surface area contributed by atoms with Crippen LogP contribution in [0.15, 0.2) is 34.0 Å². The van der Waals surface area contributed by atoms with E-state index in [2.05, 4.69) is 4.98 Å². The van der Waals surface area contributed by atoms with Gasteiger partial charge in [0.1, 0.15) is 5.69 Å². The summed E-state index contributed by atoms with van der Waals surface area (Å²) in [5.41, 5.74) is -0.191. The topological polar surface area (TPSA) is 86.1 Å². The number of nitrogens with zero attached hydrogens (tertiary/aromatic N) is 1. The molecule has 1 N–H and O–H groups in total. The van der Waals surface area contributed by atoms with Gasteiger partial charge in [-0.2, -0.15) is 0 Å². The minimum atomic E-state index is -1.45. The molecule has 1 aromatic carbocycles. The van der Waals surface area contributed by atoms with E-state index in [0.717, 1.165) is 0 Å². The summed E-state index contributed by atoms with van der Waals surface area (Å²) in [6.07, 6.45) is 0.329. The van der Waals surface area contributed by atoms with Gasteiger partial charge in [-0.3, -0.25) is 9.00 Å². The lowest BCUT2D eigenvalue weighted by Gasteiger charge is -2.12. The van der Waals surface area contributed by atoms with Crippen LogP contribution in [0.5, 0.6) is 5.88 Å². The number of hydrogen-bond donors (Lipinski definition) is 1. The number of hydrogen-bond acceptors (Lipinski definition) is 4. The van der Waals surface area contributed by atoms with Crippen molar-refractivity contribution in [2.24, 2.45) is 5.92 Å². The molecule has 0 aliphatic heterocycles. The van der Waals surface area contributed by atoms with Crippen molar-refractivity contribution in [1.82, 2.24) is 4.98 Å². The molecule has 24 heavy (non-hydrogen) atoms. The van der Waals surface area contributed by atoms with Crippen LogP contribution in [-0.4, -0.2) is 16.3 Å². The largest absolute Gasteiger partial charge is 0.616 e. The zero-order valence-corrected chi connectivity index (χ0v) is 15.2. The van der Waals surface area contributed by atoms with Gasteiger partial charge in [0.05, 0.1) is 23.7 Å². The first-order valence-electron chi connectivity index (χ1n) is 7.39. The van der Waals surface area contributed by atoms with Crippen LogP contribution in [0.2, 0.25) is 5.02 Å². The molecular weight excluding hydrogens is 352 g/mol. The van der Waals surface area contributed by atoms with Crippen molar-refractivity contribution in [2.75, 3.05) is 7.11 Å². The Hall–Kier alpha value is -1.86. The number of nitrogens with one attached hydrogen (secondary N) is 1. The molecule has 0 aliphatic carbocycles. The van der Waals surface area contributed by atoms with Gasteiger partial charge in [0.2, 0.25) is 0 Å². The van der Waals surface area contributed by atoms with E-state index in [1.807, 2.05) is 13.8 Å². The molecule has 0 bridgehead atoms. The molecule has 0 spiro atoms. The van der Waals surface area contributed by atoms with Crippen LogP contribution in [0, 0.1) is 11.1 Å². The van der Waals surface area contributed by atoms with Crippen LogP contribution in [0.4, 0.5) is 0 Å². The van der Waals surface area contributed by atoms with Crippen molar-refractivity contribution in [3.63, 3.8) is 0 Å². The van der Waals surface area contributed by atoms with E-state index in [-0.39, 0.29) is 28.9 Å². The lowest BCUT2D eigenvalue weighted by molar-refractivity contribution is -0.622. The molecule has 0 amide bonds. The second-order valence-corrected chi connectivity index (χ2v) is 7.61. The zero-order chi connectivity index (χ0) is 17.9. The molecule has 2 aromatic rings. The highest BCUT2D eigenvalue weighted by atomic mass is 35.5. The molecule has 6 nitrogen and oxygen atoms in total. The number of aromatic amines is 1. The number of benzene rings is 1. The number of methoxy groups -OCH3 is 1. The Bertz CT molecular complexity index is 803. The molecule has 0 fully saturated rings. The third-order valence-electron chi connectivity index (χ3n) is 3.36. The highest BCUT2D eigenvalue weighted by molar-refractivity contribution is 7.84. The van der Waals surface area contributed by atoms with Crippen LogP contribution in [-0.2, 0) is 23.0 Å². The second-order valence-electron chi connectivity index (χ2n) is 5.72. The third-order valence-corrected chi connectivity index (χ3v) is 4.96. The van der Waals surface area contributed by atoms with Crippen molar-refractivity contribution < 1.29 is 13.7 Å². The quantitative estimate of drug-likeness (QED) is 0.623. The fraction of sp³-hybridized carbons (Fsp3) is 0.375. The lowest BCUT2D eigenvalue weighted by atomic mass is 10.1. The first kappa shape index (κ1) is 18.5. The Kier molecular flexibility index (Phi) is 6.01. The van der Waals surface area contributed by atoms with Crippen molar-refractivity contribution in [1.29, 1.82) is 0 Å². The summed E-state index contributed by atoms with van der Waals surface area (Å²) in [6.45, 7) is 3.82. The van der Waals surface area contributed by atoms with Gasteiger partial charge in [0.25, 0.3) is 5.69 Å².